The van der Waals surface area contributed by atoms with Crippen LogP contribution in [0, 0.1) is 0 Å². The lowest BCUT2D eigenvalue weighted by atomic mass is 10.2. The van der Waals surface area contributed by atoms with E-state index in [0.717, 1.165) is 10.0 Å². The van der Waals surface area contributed by atoms with Crippen LogP contribution in [-0.2, 0) is 0 Å². The van der Waals surface area contributed by atoms with Crippen LogP contribution in [0.25, 0.3) is 4.48 Å². The van der Waals surface area contributed by atoms with Gasteiger partial charge in [0, 0.05) is 4.48 Å². The molecule has 0 radical (unpaired) electrons. The van der Waals surface area contributed by atoms with Crippen molar-refractivity contribution in [3.8, 4) is 0 Å². The van der Waals surface area contributed by atoms with Gasteiger partial charge in [0.2, 0.25) is 0 Å². The summed E-state index contributed by atoms with van der Waals surface area (Å²) in [4.78, 5) is 0. The Bertz CT molecular complexity index is 297. The minimum atomic E-state index is -0.346. The largest absolute Gasteiger partial charge is 0.154 e. The maximum absolute atomic E-state index is 3.49. The molecule has 0 bridgehead atoms. The number of hydrogen-bond donors (Lipinski definition) is 0. The number of benzene rings is 1. The summed E-state index contributed by atoms with van der Waals surface area (Å²) in [5.41, 5.74) is 1.14. The van der Waals surface area contributed by atoms with E-state index in [0.29, 0.717) is 0 Å². The van der Waals surface area contributed by atoms with Gasteiger partial charge in [0.05, 0.1) is 0 Å². The van der Waals surface area contributed by atoms with Crippen LogP contribution < -0.4 is 0 Å². The van der Waals surface area contributed by atoms with Crippen molar-refractivity contribution in [1.29, 1.82) is 0 Å². The fourth-order valence-electron chi connectivity index (χ4n) is 0.824. The molecule has 0 aliphatic heterocycles. The van der Waals surface area contributed by atoms with E-state index in [9.17, 15) is 0 Å². The van der Waals surface area contributed by atoms with Gasteiger partial charge in [-0.2, -0.15) is 0 Å². The molecule has 1 rings (SSSR count). The van der Waals surface area contributed by atoms with Crippen LogP contribution in [0.4, 0.5) is 0 Å². The monoisotopic (exact) mass is 430 g/mol. The van der Waals surface area contributed by atoms with Crippen molar-refractivity contribution < 1.29 is 0 Å². The Morgan fingerprint density at radius 1 is 1.08 bits per heavy atom. The van der Waals surface area contributed by atoms with E-state index < -0.39 is 0 Å². The quantitative estimate of drug-likeness (QED) is 0.530. The van der Waals surface area contributed by atoms with Crippen LogP contribution in [0.2, 0.25) is 0 Å². The molecule has 0 saturated carbocycles. The fourth-order valence-corrected chi connectivity index (χ4v) is 3.04. The average Bonchev–Trinajstić information content (AvgIpc) is 2.03. The van der Waals surface area contributed by atoms with Gasteiger partial charge < -0.3 is 0 Å². The normalized spacial score (nSPS) is 13.1. The van der Waals surface area contributed by atoms with Gasteiger partial charge in [0.15, 0.2) is 2.14 Å². The van der Waals surface area contributed by atoms with Crippen LogP contribution in [0.15, 0.2) is 36.4 Å². The highest BCUT2D eigenvalue weighted by Gasteiger charge is 2.14. The van der Waals surface area contributed by atoms with Crippen molar-refractivity contribution in [3.63, 3.8) is 0 Å². The first-order valence-corrected chi connectivity index (χ1v) is 6.67. The van der Waals surface area contributed by atoms with Gasteiger partial charge in [0.1, 0.15) is 0 Å². The molecule has 1 aromatic rings. The van der Waals surface area contributed by atoms with Crippen LogP contribution in [0.5, 0.6) is 0 Å². The standard InChI is InChI=1S/C9H6Br4/c10-8(6-9(11,12)13)7-4-2-1-3-5-7/h1-6H. The van der Waals surface area contributed by atoms with Crippen LogP contribution in [0.1, 0.15) is 5.56 Å². The van der Waals surface area contributed by atoms with E-state index in [1.807, 2.05) is 36.4 Å². The van der Waals surface area contributed by atoms with Crippen molar-refractivity contribution in [2.75, 3.05) is 0 Å². The van der Waals surface area contributed by atoms with Gasteiger partial charge in [-0.1, -0.05) is 94.1 Å². The zero-order valence-electron chi connectivity index (χ0n) is 6.48. The van der Waals surface area contributed by atoms with Gasteiger partial charge in [-0.25, -0.2) is 0 Å². The molecule has 0 heterocycles. The Balaban J connectivity index is 2.92. The lowest BCUT2D eigenvalue weighted by Crippen LogP contribution is -1.92. The summed E-state index contributed by atoms with van der Waals surface area (Å²) in [5, 5.41) is 0. The molecule has 13 heavy (non-hydrogen) atoms. The molecule has 70 valence electrons. The lowest BCUT2D eigenvalue weighted by molar-refractivity contribution is 1.61. The summed E-state index contributed by atoms with van der Waals surface area (Å²) >= 11 is 13.7. The molecule has 1 aromatic carbocycles. The van der Waals surface area contributed by atoms with Gasteiger partial charge in [-0.05, 0) is 11.6 Å². The molecule has 0 amide bonds. The van der Waals surface area contributed by atoms with Gasteiger partial charge >= 0.3 is 0 Å². The van der Waals surface area contributed by atoms with Gasteiger partial charge in [0.25, 0.3) is 0 Å². The highest BCUT2D eigenvalue weighted by Crippen LogP contribution is 2.38. The molecular weight excluding hydrogens is 428 g/mol. The highest BCUT2D eigenvalue weighted by atomic mass is 80.0. The molecular formula is C9H6Br4. The summed E-state index contributed by atoms with van der Waals surface area (Å²) in [6.07, 6.45) is 1.97. The van der Waals surface area contributed by atoms with Crippen LogP contribution in [-0.4, -0.2) is 2.14 Å². The third kappa shape index (κ3) is 4.77. The molecule has 0 aliphatic rings. The molecule has 0 aromatic heterocycles. The zero-order valence-corrected chi connectivity index (χ0v) is 12.8. The predicted molar refractivity (Wildman–Crippen MR) is 72.9 cm³/mol. The summed E-state index contributed by atoms with van der Waals surface area (Å²) in [7, 11) is 0. The van der Waals surface area contributed by atoms with Crippen molar-refractivity contribution >= 4 is 68.2 Å². The number of alkyl halides is 3. The predicted octanol–water partition coefficient (Wildman–Crippen LogP) is 5.26. The number of hydrogen-bond acceptors (Lipinski definition) is 0. The number of halogens is 4. The Morgan fingerprint density at radius 3 is 2.08 bits per heavy atom. The summed E-state index contributed by atoms with van der Waals surface area (Å²) in [6, 6.07) is 10.1. The summed E-state index contributed by atoms with van der Waals surface area (Å²) in [5.74, 6) is 0. The third-order valence-corrected chi connectivity index (χ3v) is 2.71. The van der Waals surface area contributed by atoms with E-state index >= 15 is 0 Å². The SMILES string of the molecule is BrC(=CC(Br)(Br)Br)c1ccccc1. The second-order valence-electron chi connectivity index (χ2n) is 2.40. The Hall–Kier alpha value is 0.880. The zero-order chi connectivity index (χ0) is 9.90. The third-order valence-electron chi connectivity index (χ3n) is 1.34. The summed E-state index contributed by atoms with van der Waals surface area (Å²) < 4.78 is 0.681. The first-order valence-electron chi connectivity index (χ1n) is 3.49. The molecule has 0 nitrogen and oxygen atoms in total. The molecule has 0 saturated heterocycles. The van der Waals surface area contributed by atoms with Crippen molar-refractivity contribution in [3.05, 3.63) is 42.0 Å². The van der Waals surface area contributed by atoms with E-state index in [2.05, 4.69) is 63.7 Å². The second kappa shape index (κ2) is 5.10. The average molecular weight is 434 g/mol. The smallest absolute Gasteiger partial charge is 0.0622 e. The van der Waals surface area contributed by atoms with Gasteiger partial charge in [-0.15, -0.1) is 0 Å². The molecule has 0 fully saturated rings. The topological polar surface area (TPSA) is 0 Å². The van der Waals surface area contributed by atoms with E-state index in [-0.39, 0.29) is 2.14 Å². The molecule has 0 atom stereocenters. The Kier molecular flexibility index (Phi) is 4.69. The maximum atomic E-state index is 3.49. The van der Waals surface area contributed by atoms with Crippen LogP contribution >= 0.6 is 63.7 Å². The first-order chi connectivity index (χ1) is 5.99. The van der Waals surface area contributed by atoms with Crippen molar-refractivity contribution in [2.45, 2.75) is 2.14 Å². The van der Waals surface area contributed by atoms with E-state index in [1.165, 1.54) is 0 Å². The van der Waals surface area contributed by atoms with Crippen LogP contribution in [0.3, 0.4) is 0 Å². The first kappa shape index (κ1) is 12.0. The van der Waals surface area contributed by atoms with Gasteiger partial charge in [-0.3, -0.25) is 0 Å². The highest BCUT2D eigenvalue weighted by molar-refractivity contribution is 9.39. The number of rotatable bonds is 1. The fraction of sp³-hybridized carbons (Fsp3) is 0.111. The molecule has 0 aliphatic carbocycles. The summed E-state index contributed by atoms with van der Waals surface area (Å²) in [6.45, 7) is 0. The molecule has 0 unspecified atom stereocenters. The van der Waals surface area contributed by atoms with E-state index in [1.54, 1.807) is 0 Å². The molecule has 0 spiro atoms. The lowest BCUT2D eigenvalue weighted by Gasteiger charge is -2.07. The molecule has 4 heteroatoms. The number of allylic oxidation sites excluding steroid dienone is 1. The Morgan fingerprint density at radius 2 is 1.62 bits per heavy atom. The minimum Gasteiger partial charge on any atom is -0.0622 e. The molecule has 0 N–H and O–H groups in total. The van der Waals surface area contributed by atoms with Crippen molar-refractivity contribution in [1.82, 2.24) is 0 Å². The van der Waals surface area contributed by atoms with E-state index in [4.69, 9.17) is 0 Å². The van der Waals surface area contributed by atoms with Crippen molar-refractivity contribution in [2.24, 2.45) is 0 Å². The second-order valence-corrected chi connectivity index (χ2v) is 10.2. The maximum Gasteiger partial charge on any atom is 0.154 e. The Labute approximate surface area is 111 Å². The minimum absolute atomic E-state index is 0.346.